The van der Waals surface area contributed by atoms with Crippen molar-refractivity contribution < 1.29 is 24.9 Å². The number of H-pyrrole nitrogens is 1. The van der Waals surface area contributed by atoms with E-state index in [1.807, 2.05) is 6.92 Å². The summed E-state index contributed by atoms with van der Waals surface area (Å²) in [6, 6.07) is 3.22. The number of nitrogens with zero attached hydrogens (tertiary/aromatic N) is 1. The van der Waals surface area contributed by atoms with Gasteiger partial charge in [-0.2, -0.15) is 0 Å². The highest BCUT2D eigenvalue weighted by Gasteiger charge is 2.43. The second kappa shape index (κ2) is 9.33. The van der Waals surface area contributed by atoms with Crippen molar-refractivity contribution in [2.45, 2.75) is 39.2 Å². The first kappa shape index (κ1) is 20.9. The Bertz CT molecular complexity index is 644. The monoisotopic (exact) mass is 354 g/mol. The molecule has 1 amide bonds. The van der Waals surface area contributed by atoms with Crippen molar-refractivity contribution in [2.75, 3.05) is 19.7 Å². The van der Waals surface area contributed by atoms with Gasteiger partial charge >= 0.3 is 0 Å². The Labute approximate surface area is 146 Å². The van der Waals surface area contributed by atoms with Crippen molar-refractivity contribution in [3.8, 4) is 0 Å². The third-order valence-electron chi connectivity index (χ3n) is 4.52. The predicted molar refractivity (Wildman–Crippen MR) is 91.4 cm³/mol. The molecule has 0 aromatic carbocycles. The number of aromatic amines is 1. The van der Waals surface area contributed by atoms with Crippen LogP contribution in [0, 0.1) is 12.3 Å². The van der Waals surface area contributed by atoms with Crippen molar-refractivity contribution in [3.63, 3.8) is 0 Å². The van der Waals surface area contributed by atoms with Crippen molar-refractivity contribution in [2.24, 2.45) is 5.41 Å². The van der Waals surface area contributed by atoms with Crippen LogP contribution in [0.1, 0.15) is 42.2 Å². The van der Waals surface area contributed by atoms with E-state index in [4.69, 9.17) is 9.90 Å². The number of carboxylic acid groups (broad SMARTS) is 1. The summed E-state index contributed by atoms with van der Waals surface area (Å²) in [5, 5.41) is 26.9. The highest BCUT2D eigenvalue weighted by atomic mass is 16.3. The number of hydrogen-bond acceptors (Lipinski definition) is 5. The lowest BCUT2D eigenvalue weighted by Crippen LogP contribution is -2.55. The molecule has 0 aliphatic carbocycles. The number of nitrogens with one attached hydrogen (secondary N) is 1. The zero-order valence-corrected chi connectivity index (χ0v) is 14.6. The molecule has 0 saturated carbocycles. The molecular formula is C17H26N2O6. The summed E-state index contributed by atoms with van der Waals surface area (Å²) in [5.74, 6) is -0.345. The van der Waals surface area contributed by atoms with Gasteiger partial charge in [0.25, 0.3) is 17.9 Å². The largest absolute Gasteiger partial charge is 0.483 e. The summed E-state index contributed by atoms with van der Waals surface area (Å²) in [6.07, 6.45) is 1.23. The lowest BCUT2D eigenvalue weighted by molar-refractivity contribution is -0.122. The molecule has 1 saturated heterocycles. The van der Waals surface area contributed by atoms with Gasteiger partial charge in [0.15, 0.2) is 0 Å². The van der Waals surface area contributed by atoms with E-state index in [2.05, 4.69) is 4.98 Å². The molecule has 0 unspecified atom stereocenters. The van der Waals surface area contributed by atoms with Gasteiger partial charge in [0.1, 0.15) is 5.56 Å². The number of pyridine rings is 1. The average Bonchev–Trinajstić information content (AvgIpc) is 2.57. The Morgan fingerprint density at radius 2 is 2.12 bits per heavy atom. The summed E-state index contributed by atoms with van der Waals surface area (Å²) in [5.41, 5.74) is -0.294. The Kier molecular flexibility index (Phi) is 7.79. The number of likely N-dealkylation sites (tertiary alicyclic amines) is 1. The number of piperidine rings is 1. The van der Waals surface area contributed by atoms with E-state index in [1.165, 1.54) is 6.07 Å². The highest BCUT2D eigenvalue weighted by Crippen LogP contribution is 2.35. The number of aliphatic hydroxyl groups is 2. The number of amides is 1. The molecular weight excluding hydrogens is 328 g/mol. The van der Waals surface area contributed by atoms with Crippen LogP contribution in [0.2, 0.25) is 0 Å². The number of hydrogen-bond donors (Lipinski definition) is 4. The second-order valence-corrected chi connectivity index (χ2v) is 6.29. The first-order valence-corrected chi connectivity index (χ1v) is 8.21. The van der Waals surface area contributed by atoms with E-state index in [9.17, 15) is 19.8 Å². The zero-order chi connectivity index (χ0) is 19.0. The molecule has 1 aliphatic heterocycles. The van der Waals surface area contributed by atoms with Gasteiger partial charge in [-0.25, -0.2) is 0 Å². The molecule has 0 bridgehead atoms. The van der Waals surface area contributed by atoms with Gasteiger partial charge in [-0.05, 0) is 31.9 Å². The topological polar surface area (TPSA) is 131 Å². The summed E-state index contributed by atoms with van der Waals surface area (Å²) in [6.45, 7) is 3.97. The molecule has 1 aromatic rings. The van der Waals surface area contributed by atoms with Gasteiger partial charge in [-0.1, -0.05) is 13.3 Å². The minimum Gasteiger partial charge on any atom is -0.483 e. The van der Waals surface area contributed by atoms with Gasteiger partial charge in [0.2, 0.25) is 0 Å². The number of carbonyl (C=O) groups excluding carboxylic acids is 1. The maximum atomic E-state index is 12.6. The maximum absolute atomic E-state index is 12.6. The summed E-state index contributed by atoms with van der Waals surface area (Å²) in [7, 11) is 0. The first-order valence-electron chi connectivity index (χ1n) is 8.21. The molecule has 1 aromatic heterocycles. The van der Waals surface area contributed by atoms with Crippen molar-refractivity contribution >= 4 is 12.4 Å². The molecule has 0 radical (unpaired) electrons. The fraction of sp³-hybridized carbons (Fsp3) is 0.588. The van der Waals surface area contributed by atoms with Gasteiger partial charge in [-0.15, -0.1) is 0 Å². The second-order valence-electron chi connectivity index (χ2n) is 6.29. The molecule has 1 fully saturated rings. The Morgan fingerprint density at radius 1 is 1.48 bits per heavy atom. The highest BCUT2D eigenvalue weighted by molar-refractivity contribution is 5.94. The van der Waals surface area contributed by atoms with E-state index < -0.39 is 17.1 Å². The lowest BCUT2D eigenvalue weighted by atomic mass is 9.74. The fourth-order valence-corrected chi connectivity index (χ4v) is 3.21. The number of aliphatic hydroxyl groups excluding tert-OH is 2. The quantitative estimate of drug-likeness (QED) is 0.578. The lowest BCUT2D eigenvalue weighted by Gasteiger charge is -2.45. The number of aryl methyl sites for hydroxylation is 1. The van der Waals surface area contributed by atoms with Gasteiger partial charge in [0.05, 0.1) is 12.7 Å². The Morgan fingerprint density at radius 3 is 2.64 bits per heavy atom. The molecule has 140 valence electrons. The van der Waals surface area contributed by atoms with Crippen LogP contribution in [-0.2, 0) is 4.79 Å². The molecule has 2 rings (SSSR count). The predicted octanol–water partition coefficient (Wildman–Crippen LogP) is 0.370. The molecule has 2 atom stereocenters. The molecule has 8 nitrogen and oxygen atoms in total. The molecule has 8 heteroatoms. The van der Waals surface area contributed by atoms with E-state index in [0.29, 0.717) is 25.1 Å². The summed E-state index contributed by atoms with van der Waals surface area (Å²) < 4.78 is 0. The van der Waals surface area contributed by atoms with Crippen molar-refractivity contribution in [1.29, 1.82) is 0 Å². The van der Waals surface area contributed by atoms with Gasteiger partial charge in [0, 0.05) is 24.2 Å². The van der Waals surface area contributed by atoms with Crippen LogP contribution < -0.4 is 5.56 Å². The number of carbonyl (C=O) groups is 2. The SMILES string of the molecule is CCC[C@@]1(CO)CN(C(=O)c2ccc(C)[nH]c2=O)CC[C@H]1O.O=CO. The third-order valence-corrected chi connectivity index (χ3v) is 4.52. The average molecular weight is 354 g/mol. The Balaban J connectivity index is 0.000000970. The normalized spacial score (nSPS) is 22.7. The maximum Gasteiger partial charge on any atom is 0.290 e. The van der Waals surface area contributed by atoms with Crippen molar-refractivity contribution in [3.05, 3.63) is 33.7 Å². The standard InChI is InChI=1S/C16H24N2O4.CH2O2/c1-3-7-16(10-19)9-18(8-6-13(16)20)15(22)12-5-4-11(2)17-14(12)21;2-1-3/h4-5,13,19-20H,3,6-10H2,1-2H3,(H,17,21);1H,(H,2,3)/t13-,16+;/m1./s1. The van der Waals surface area contributed by atoms with Crippen LogP contribution in [0.15, 0.2) is 16.9 Å². The summed E-state index contributed by atoms with van der Waals surface area (Å²) in [4.78, 5) is 37.1. The van der Waals surface area contributed by atoms with Crippen LogP contribution in [0.4, 0.5) is 0 Å². The third kappa shape index (κ3) is 4.90. The molecule has 4 N–H and O–H groups in total. The van der Waals surface area contributed by atoms with Crippen LogP contribution in [0.5, 0.6) is 0 Å². The smallest absolute Gasteiger partial charge is 0.290 e. The van der Waals surface area contributed by atoms with Gasteiger partial charge < -0.3 is 25.2 Å². The summed E-state index contributed by atoms with van der Waals surface area (Å²) >= 11 is 0. The number of rotatable bonds is 4. The minimum atomic E-state index is -0.694. The van der Waals surface area contributed by atoms with E-state index in [1.54, 1.807) is 17.9 Å². The molecule has 25 heavy (non-hydrogen) atoms. The molecule has 0 spiro atoms. The van der Waals surface area contributed by atoms with Crippen LogP contribution >= 0.6 is 0 Å². The Hall–Kier alpha value is -2.19. The van der Waals surface area contributed by atoms with E-state index >= 15 is 0 Å². The van der Waals surface area contributed by atoms with Crippen LogP contribution in [0.3, 0.4) is 0 Å². The fourth-order valence-electron chi connectivity index (χ4n) is 3.21. The van der Waals surface area contributed by atoms with E-state index in [0.717, 1.165) is 6.42 Å². The number of aromatic nitrogens is 1. The molecule has 1 aliphatic rings. The van der Waals surface area contributed by atoms with Crippen LogP contribution in [-0.4, -0.2) is 63.4 Å². The van der Waals surface area contributed by atoms with Gasteiger partial charge in [-0.3, -0.25) is 14.4 Å². The zero-order valence-electron chi connectivity index (χ0n) is 14.6. The minimum absolute atomic E-state index is 0.102. The van der Waals surface area contributed by atoms with Crippen molar-refractivity contribution in [1.82, 2.24) is 9.88 Å². The van der Waals surface area contributed by atoms with E-state index in [-0.39, 0.29) is 31.1 Å². The van der Waals surface area contributed by atoms with Crippen LogP contribution in [0.25, 0.3) is 0 Å². The first-order chi connectivity index (χ1) is 11.8. The molecule has 2 heterocycles.